The first-order chi connectivity index (χ1) is 25.9. The molecule has 1 rings (SSSR count). The zero-order chi connectivity index (χ0) is 41.5. The first-order valence-electron chi connectivity index (χ1n) is 16.9. The number of carbonyl (C=O) groups excluding carboxylic acids is 6. The third-order valence-electron chi connectivity index (χ3n) is 7.38. The Morgan fingerprint density at radius 2 is 1.16 bits per heavy atom. The van der Waals surface area contributed by atoms with Crippen LogP contribution in [0.4, 0.5) is 0 Å². The minimum Gasteiger partial charge on any atom is -0.481 e. The number of hydrogen-bond donors (Lipinski definition) is 13. The van der Waals surface area contributed by atoms with Gasteiger partial charge in [0.2, 0.25) is 35.4 Å². The third-order valence-corrected chi connectivity index (χ3v) is 7.75. The maximum atomic E-state index is 13.5. The highest BCUT2D eigenvalue weighted by atomic mass is 32.1. The van der Waals surface area contributed by atoms with Crippen LogP contribution in [0.3, 0.4) is 0 Å². The van der Waals surface area contributed by atoms with E-state index in [1.807, 2.05) is 0 Å². The Labute approximate surface area is 321 Å². The van der Waals surface area contributed by atoms with Crippen LogP contribution >= 0.6 is 12.6 Å². The van der Waals surface area contributed by atoms with Crippen molar-refractivity contribution in [3.8, 4) is 0 Å². The summed E-state index contributed by atoms with van der Waals surface area (Å²) in [5.41, 5.74) is 22.0. The number of hydrogen-bond acceptors (Lipinski definition) is 11. The zero-order valence-electron chi connectivity index (χ0n) is 30.2. The summed E-state index contributed by atoms with van der Waals surface area (Å²) in [5.74, 6) is -8.65. The molecule has 0 heterocycles. The Balaban J connectivity index is 3.15. The van der Waals surface area contributed by atoms with E-state index in [0.717, 1.165) is 0 Å². The van der Waals surface area contributed by atoms with E-state index in [1.54, 1.807) is 30.3 Å². The average molecular weight is 796 g/mol. The normalized spacial score (nSPS) is 13.2. The Kier molecular flexibility index (Phi) is 21.3. The molecule has 0 unspecified atom stereocenters. The lowest BCUT2D eigenvalue weighted by atomic mass is 10.1. The number of carbonyl (C=O) groups is 8. The number of aliphatic imine (C=N–C) groups is 2. The molecule has 0 saturated carbocycles. The number of carboxylic acid groups (broad SMARTS) is 2. The van der Waals surface area contributed by atoms with Gasteiger partial charge in [0.1, 0.15) is 30.2 Å². The van der Waals surface area contributed by atoms with Crippen LogP contribution in [0.2, 0.25) is 0 Å². The number of benzene rings is 1. The van der Waals surface area contributed by atoms with Gasteiger partial charge < -0.3 is 65.0 Å². The predicted octanol–water partition coefficient (Wildman–Crippen LogP) is -4.61. The van der Waals surface area contributed by atoms with Crippen molar-refractivity contribution in [2.75, 3.05) is 25.4 Å². The summed E-state index contributed by atoms with van der Waals surface area (Å²) in [5, 5.41) is 33.0. The number of nitrogens with one attached hydrogen (secondary N) is 6. The summed E-state index contributed by atoms with van der Waals surface area (Å²) < 4.78 is 0. The van der Waals surface area contributed by atoms with Crippen molar-refractivity contribution >= 4 is 71.9 Å². The smallest absolute Gasteiger partial charge is 0.327 e. The van der Waals surface area contributed by atoms with Gasteiger partial charge in [-0.1, -0.05) is 30.3 Å². The van der Waals surface area contributed by atoms with Crippen LogP contribution < -0.4 is 54.8 Å². The van der Waals surface area contributed by atoms with Gasteiger partial charge in [-0.3, -0.25) is 43.5 Å². The molecule has 0 saturated heterocycles. The molecular weight excluding hydrogens is 745 g/mol. The van der Waals surface area contributed by atoms with Crippen molar-refractivity contribution in [3.05, 3.63) is 35.9 Å². The van der Waals surface area contributed by atoms with Gasteiger partial charge in [0.15, 0.2) is 11.9 Å². The van der Waals surface area contributed by atoms with Gasteiger partial charge in [0.05, 0.1) is 13.0 Å². The molecule has 0 aliphatic rings. The van der Waals surface area contributed by atoms with Crippen molar-refractivity contribution in [2.45, 2.75) is 75.7 Å². The Morgan fingerprint density at radius 3 is 1.64 bits per heavy atom. The second kappa shape index (κ2) is 25.0. The molecular formula is C32H50N12O10S. The van der Waals surface area contributed by atoms with E-state index in [0.29, 0.717) is 5.56 Å². The second-order valence-corrected chi connectivity index (χ2v) is 12.3. The summed E-state index contributed by atoms with van der Waals surface area (Å²) >= 11 is 3.93. The lowest BCUT2D eigenvalue weighted by Gasteiger charge is -2.25. The van der Waals surface area contributed by atoms with E-state index < -0.39 is 90.6 Å². The first-order valence-corrected chi connectivity index (χ1v) is 17.5. The lowest BCUT2D eigenvalue weighted by Crippen LogP contribution is -2.58. The molecule has 0 spiro atoms. The molecule has 0 aliphatic heterocycles. The van der Waals surface area contributed by atoms with E-state index in [2.05, 4.69) is 54.5 Å². The molecule has 0 aromatic heterocycles. The van der Waals surface area contributed by atoms with E-state index in [-0.39, 0.29) is 62.9 Å². The molecule has 0 radical (unpaired) electrons. The van der Waals surface area contributed by atoms with Crippen LogP contribution in [0.15, 0.2) is 40.3 Å². The van der Waals surface area contributed by atoms with E-state index in [4.69, 9.17) is 22.9 Å². The van der Waals surface area contributed by atoms with Gasteiger partial charge in [-0.2, -0.15) is 12.6 Å². The summed E-state index contributed by atoms with van der Waals surface area (Å²) in [6.45, 7) is 0.579. The Hall–Kier alpha value is -6.13. The van der Waals surface area contributed by atoms with Crippen LogP contribution in [0, 0.1) is 0 Å². The monoisotopic (exact) mass is 795 g/mol. The van der Waals surface area contributed by atoms with Gasteiger partial charge in [-0.15, -0.1) is 0 Å². The van der Waals surface area contributed by atoms with Crippen LogP contribution in [0.5, 0.6) is 0 Å². The minimum atomic E-state index is -1.75. The van der Waals surface area contributed by atoms with E-state index in [9.17, 15) is 48.6 Å². The SMILES string of the molecule is CC(=O)N[C@@H](CCCN=C(N)N)C(=O)N[C@@H](CCCN=C(N)N)C(=O)N[C@@H](CC(=O)O)C(=O)NCC(=O)N[C@@H](Cc1ccccc1)[13C](=O)N[C@@H](CS)C(=O)O. The van der Waals surface area contributed by atoms with Gasteiger partial charge in [-0.25, -0.2) is 4.79 Å². The molecule has 5 atom stereocenters. The number of rotatable bonds is 25. The quantitative estimate of drug-likeness (QED) is 0.0146. The molecule has 16 N–H and O–H groups in total. The number of amides is 6. The average Bonchev–Trinajstić information content (AvgIpc) is 3.10. The highest BCUT2D eigenvalue weighted by Gasteiger charge is 2.31. The van der Waals surface area contributed by atoms with Gasteiger partial charge in [0, 0.05) is 32.2 Å². The number of nitrogens with zero attached hydrogens (tertiary/aromatic N) is 2. The fourth-order valence-corrected chi connectivity index (χ4v) is 5.02. The largest absolute Gasteiger partial charge is 0.481 e. The predicted molar refractivity (Wildman–Crippen MR) is 202 cm³/mol. The molecule has 304 valence electrons. The molecule has 0 bridgehead atoms. The topological polar surface area (TPSA) is 378 Å². The van der Waals surface area contributed by atoms with E-state index in [1.165, 1.54) is 6.92 Å². The molecule has 1 aromatic rings. The Bertz CT molecular complexity index is 1550. The summed E-state index contributed by atoms with van der Waals surface area (Å²) in [7, 11) is 0. The van der Waals surface area contributed by atoms with Gasteiger partial charge in [-0.05, 0) is 31.2 Å². The van der Waals surface area contributed by atoms with Crippen molar-refractivity contribution in [3.63, 3.8) is 0 Å². The van der Waals surface area contributed by atoms with Crippen molar-refractivity contribution in [2.24, 2.45) is 32.9 Å². The minimum absolute atomic E-state index is 0.0403. The van der Waals surface area contributed by atoms with Crippen molar-refractivity contribution in [1.82, 2.24) is 31.9 Å². The Morgan fingerprint density at radius 1 is 0.673 bits per heavy atom. The molecule has 0 fully saturated rings. The maximum Gasteiger partial charge on any atom is 0.327 e. The number of thiol groups is 1. The summed E-state index contributed by atoms with van der Waals surface area (Å²) in [6.07, 6.45) is -0.618. The third kappa shape index (κ3) is 20.1. The molecule has 55 heavy (non-hydrogen) atoms. The second-order valence-electron chi connectivity index (χ2n) is 12.0. The van der Waals surface area contributed by atoms with Crippen molar-refractivity contribution < 1.29 is 48.6 Å². The first kappa shape index (κ1) is 46.9. The highest BCUT2D eigenvalue weighted by Crippen LogP contribution is 2.07. The molecule has 1 aromatic carbocycles. The summed E-state index contributed by atoms with van der Waals surface area (Å²) in [4.78, 5) is 108. The number of nitrogens with two attached hydrogens (primary N) is 4. The number of carboxylic acids is 2. The van der Waals surface area contributed by atoms with Crippen LogP contribution in [-0.2, 0) is 44.8 Å². The maximum absolute atomic E-state index is 13.5. The highest BCUT2D eigenvalue weighted by molar-refractivity contribution is 7.80. The van der Waals surface area contributed by atoms with Gasteiger partial charge in [0.25, 0.3) is 0 Å². The van der Waals surface area contributed by atoms with Gasteiger partial charge >= 0.3 is 11.9 Å². The van der Waals surface area contributed by atoms with Crippen LogP contribution in [-0.4, -0.2) is 125 Å². The molecule has 0 aliphatic carbocycles. The fourth-order valence-electron chi connectivity index (χ4n) is 4.77. The van der Waals surface area contributed by atoms with Crippen LogP contribution in [0.1, 0.15) is 44.6 Å². The molecule has 23 heteroatoms. The molecule has 22 nitrogen and oxygen atoms in total. The zero-order valence-corrected chi connectivity index (χ0v) is 31.1. The van der Waals surface area contributed by atoms with Crippen LogP contribution in [0.25, 0.3) is 0 Å². The summed E-state index contributed by atoms with van der Waals surface area (Å²) in [6, 6.07) is 1.53. The standard InChI is InChI=1S/C32H50N12O10S/c1-17(45)40-19(9-5-11-37-31(33)34)27(50)42-20(10-6-12-38-32(35)36)28(51)43-22(14-25(47)48)26(49)39-15-24(46)41-21(13-18-7-3-2-4-8-18)29(52)44-23(16-55)30(53)54/h2-4,7-8,19-23,55H,5-6,9-16H2,1H3,(H,39,49)(H,40,45)(H,41,46)(H,42,50)(H,43,51)(H,44,52)(H,47,48)(H,53,54)(H4,33,34,37)(H4,35,36,38)/t19-,20-,21-,22-,23-/m0/s1/i29+1. The van der Waals surface area contributed by atoms with E-state index >= 15 is 0 Å². The van der Waals surface area contributed by atoms with Crippen molar-refractivity contribution in [1.29, 1.82) is 0 Å². The fraction of sp³-hybridized carbons (Fsp3) is 0.500. The number of aliphatic carboxylic acids is 2. The molecule has 6 amide bonds. The number of guanidine groups is 2. The lowest BCUT2D eigenvalue weighted by molar-refractivity contribution is -0.141.